The van der Waals surface area contributed by atoms with Crippen molar-refractivity contribution in [3.63, 3.8) is 0 Å². The van der Waals surface area contributed by atoms with E-state index in [-0.39, 0.29) is 28.2 Å². The van der Waals surface area contributed by atoms with Crippen LogP contribution in [0.4, 0.5) is 11.4 Å². The molecule has 12 nitrogen and oxygen atoms in total. The van der Waals surface area contributed by atoms with E-state index in [9.17, 15) is 29.8 Å². The third-order valence-corrected chi connectivity index (χ3v) is 4.07. The van der Waals surface area contributed by atoms with Crippen LogP contribution >= 0.6 is 0 Å². The van der Waals surface area contributed by atoms with Crippen LogP contribution in [0.15, 0.2) is 48.7 Å². The Morgan fingerprint density at radius 3 is 2.50 bits per heavy atom. The van der Waals surface area contributed by atoms with E-state index in [0.717, 1.165) is 12.3 Å². The minimum absolute atomic E-state index is 0.0218. The fourth-order valence-electron chi connectivity index (χ4n) is 2.65. The van der Waals surface area contributed by atoms with Gasteiger partial charge in [-0.05, 0) is 18.2 Å². The van der Waals surface area contributed by atoms with E-state index >= 15 is 0 Å². The highest BCUT2D eigenvalue weighted by molar-refractivity contribution is 6.42. The number of methoxy groups -OCH3 is 1. The highest BCUT2D eigenvalue weighted by Crippen LogP contribution is 2.25. The summed E-state index contributed by atoms with van der Waals surface area (Å²) in [6, 6.07) is 7.66. The summed E-state index contributed by atoms with van der Waals surface area (Å²) in [5.41, 5.74) is -0.357. The molecular formula is C18H13N5O7. The molecule has 12 heteroatoms. The molecule has 0 saturated carbocycles. The van der Waals surface area contributed by atoms with Crippen molar-refractivity contribution < 1.29 is 24.2 Å². The van der Waals surface area contributed by atoms with Gasteiger partial charge in [-0.15, -0.1) is 0 Å². The van der Waals surface area contributed by atoms with Gasteiger partial charge >= 0.3 is 6.04 Å². The standard InChI is InChI=1S/C18H13N5O7/c1-30-15-5-3-2-4-12(15)21-18(25)17(24)16(23(28)29)14-9-19-11-7-6-10(22(26)27)8-13(11)20-14/h2-9,16H,1H3,(H,21,25)/t16-/m0/s1. The number of nitrogens with zero attached hydrogens (tertiary/aromatic N) is 4. The molecule has 1 N–H and O–H groups in total. The van der Waals surface area contributed by atoms with E-state index in [1.807, 2.05) is 0 Å². The summed E-state index contributed by atoms with van der Waals surface area (Å²) in [5.74, 6) is -2.37. The third-order valence-electron chi connectivity index (χ3n) is 4.07. The smallest absolute Gasteiger partial charge is 0.322 e. The zero-order valence-corrected chi connectivity index (χ0v) is 15.3. The molecule has 1 atom stereocenters. The molecule has 1 amide bonds. The molecular weight excluding hydrogens is 398 g/mol. The molecule has 2 aromatic carbocycles. The first-order valence-corrected chi connectivity index (χ1v) is 8.34. The van der Waals surface area contributed by atoms with Crippen LogP contribution in [0.5, 0.6) is 5.75 Å². The lowest BCUT2D eigenvalue weighted by atomic mass is 10.1. The van der Waals surface area contributed by atoms with Gasteiger partial charge < -0.3 is 10.1 Å². The van der Waals surface area contributed by atoms with Crippen LogP contribution in [0.2, 0.25) is 0 Å². The molecule has 0 spiro atoms. The largest absolute Gasteiger partial charge is 0.495 e. The average Bonchev–Trinajstić information content (AvgIpc) is 2.73. The van der Waals surface area contributed by atoms with Gasteiger partial charge in [0, 0.05) is 17.1 Å². The number of hydrogen-bond acceptors (Lipinski definition) is 9. The van der Waals surface area contributed by atoms with Crippen molar-refractivity contribution in [2.24, 2.45) is 0 Å². The Morgan fingerprint density at radius 2 is 1.83 bits per heavy atom. The summed E-state index contributed by atoms with van der Waals surface area (Å²) in [6.07, 6.45) is 0.982. The number of hydrogen-bond donors (Lipinski definition) is 1. The molecule has 0 aliphatic heterocycles. The molecule has 152 valence electrons. The first-order valence-electron chi connectivity index (χ1n) is 8.34. The summed E-state index contributed by atoms with van der Waals surface area (Å²) < 4.78 is 5.06. The van der Waals surface area contributed by atoms with E-state index < -0.39 is 33.3 Å². The number of nitrogens with one attached hydrogen (secondary N) is 1. The van der Waals surface area contributed by atoms with Crippen molar-refractivity contribution in [3.05, 3.63) is 74.6 Å². The second-order valence-electron chi connectivity index (χ2n) is 5.93. The molecule has 0 fully saturated rings. The van der Waals surface area contributed by atoms with Crippen LogP contribution in [0.25, 0.3) is 11.0 Å². The Bertz CT molecular complexity index is 1180. The molecule has 30 heavy (non-hydrogen) atoms. The van der Waals surface area contributed by atoms with Gasteiger partial charge in [0.1, 0.15) is 11.4 Å². The number of ether oxygens (including phenoxy) is 1. The van der Waals surface area contributed by atoms with E-state index in [1.165, 1.54) is 31.4 Å². The molecule has 0 radical (unpaired) electrons. The zero-order valence-electron chi connectivity index (χ0n) is 15.3. The number of nitro groups is 2. The minimum atomic E-state index is -2.14. The number of anilines is 1. The van der Waals surface area contributed by atoms with E-state index in [0.29, 0.717) is 0 Å². The molecule has 0 unspecified atom stereocenters. The molecule has 1 heterocycles. The van der Waals surface area contributed by atoms with E-state index in [2.05, 4.69) is 15.3 Å². The molecule has 3 rings (SSSR count). The first kappa shape index (κ1) is 20.3. The molecule has 0 saturated heterocycles. The Labute approximate surface area is 167 Å². The topological polar surface area (TPSA) is 167 Å². The summed E-state index contributed by atoms with van der Waals surface area (Å²) in [4.78, 5) is 53.6. The molecule has 1 aromatic heterocycles. The van der Waals surface area contributed by atoms with Crippen LogP contribution in [0.1, 0.15) is 11.7 Å². The van der Waals surface area contributed by atoms with Crippen molar-refractivity contribution in [2.75, 3.05) is 12.4 Å². The number of non-ortho nitro benzene ring substituents is 1. The van der Waals surface area contributed by atoms with Gasteiger partial charge in [0.2, 0.25) is 0 Å². The minimum Gasteiger partial charge on any atom is -0.495 e. The van der Waals surface area contributed by atoms with E-state index in [4.69, 9.17) is 4.74 Å². The maximum atomic E-state index is 12.5. The normalized spacial score (nSPS) is 11.5. The second-order valence-corrected chi connectivity index (χ2v) is 5.93. The fourth-order valence-corrected chi connectivity index (χ4v) is 2.65. The lowest BCUT2D eigenvalue weighted by Crippen LogP contribution is -2.33. The zero-order chi connectivity index (χ0) is 21.8. The lowest BCUT2D eigenvalue weighted by molar-refractivity contribution is -0.513. The number of carbonyl (C=O) groups excluding carboxylic acids is 2. The summed E-state index contributed by atoms with van der Waals surface area (Å²) in [7, 11) is 1.36. The third kappa shape index (κ3) is 4.01. The van der Waals surface area contributed by atoms with Gasteiger partial charge in [-0.2, -0.15) is 0 Å². The number of fused-ring (bicyclic) bond motifs is 1. The van der Waals surface area contributed by atoms with Gasteiger partial charge in [-0.3, -0.25) is 34.8 Å². The van der Waals surface area contributed by atoms with E-state index in [1.54, 1.807) is 12.1 Å². The van der Waals surface area contributed by atoms with Crippen molar-refractivity contribution in [2.45, 2.75) is 6.04 Å². The predicted octanol–water partition coefficient (Wildman–Crippen LogP) is 2.07. The van der Waals surface area contributed by atoms with Crippen LogP contribution in [0, 0.1) is 20.2 Å². The Kier molecular flexibility index (Phi) is 5.58. The van der Waals surface area contributed by atoms with Crippen molar-refractivity contribution >= 4 is 34.1 Å². The van der Waals surface area contributed by atoms with Crippen LogP contribution in [-0.4, -0.2) is 38.6 Å². The quantitative estimate of drug-likeness (QED) is 0.347. The monoisotopic (exact) mass is 411 g/mol. The van der Waals surface area contributed by atoms with Gasteiger partial charge in [0.25, 0.3) is 17.4 Å². The summed E-state index contributed by atoms with van der Waals surface area (Å²) in [5, 5.41) is 24.7. The number of aromatic nitrogens is 2. The Hall–Kier alpha value is -4.48. The fraction of sp³-hybridized carbons (Fsp3) is 0.111. The Morgan fingerprint density at radius 1 is 1.10 bits per heavy atom. The van der Waals surface area contributed by atoms with Gasteiger partial charge in [-0.1, -0.05) is 12.1 Å². The number of amides is 1. The molecule has 0 aliphatic carbocycles. The van der Waals surface area contributed by atoms with Gasteiger partial charge in [0.15, 0.2) is 0 Å². The molecule has 0 aliphatic rings. The van der Waals surface area contributed by atoms with Gasteiger partial charge in [0.05, 0.1) is 35.0 Å². The highest BCUT2D eigenvalue weighted by atomic mass is 16.6. The maximum Gasteiger partial charge on any atom is 0.322 e. The summed E-state index contributed by atoms with van der Waals surface area (Å²) >= 11 is 0. The number of nitro benzene ring substituents is 1. The maximum absolute atomic E-state index is 12.5. The Balaban J connectivity index is 1.94. The number of rotatable bonds is 7. The molecule has 3 aromatic rings. The van der Waals surface area contributed by atoms with Crippen molar-refractivity contribution in [3.8, 4) is 5.75 Å². The average molecular weight is 411 g/mol. The lowest BCUT2D eigenvalue weighted by Gasteiger charge is -2.11. The SMILES string of the molecule is COc1ccccc1NC(=O)C(=O)[C@H](c1cnc2ccc([N+](=O)[O-])cc2n1)[N+](=O)[O-]. The molecule has 0 bridgehead atoms. The highest BCUT2D eigenvalue weighted by Gasteiger charge is 2.39. The van der Waals surface area contributed by atoms with Crippen molar-refractivity contribution in [1.29, 1.82) is 0 Å². The number of carbonyl (C=O) groups is 2. The van der Waals surface area contributed by atoms with Gasteiger partial charge in [-0.25, -0.2) is 4.98 Å². The number of Topliss-reactive ketones (excluding diaryl/α,β-unsaturated/α-hetero) is 1. The number of para-hydroxylation sites is 2. The number of ketones is 1. The first-order chi connectivity index (χ1) is 14.3. The summed E-state index contributed by atoms with van der Waals surface area (Å²) in [6.45, 7) is 0. The number of benzene rings is 2. The van der Waals surface area contributed by atoms with Crippen LogP contribution in [-0.2, 0) is 9.59 Å². The van der Waals surface area contributed by atoms with Crippen LogP contribution in [0.3, 0.4) is 0 Å². The van der Waals surface area contributed by atoms with Crippen molar-refractivity contribution in [1.82, 2.24) is 9.97 Å². The second kappa shape index (κ2) is 8.26. The predicted molar refractivity (Wildman–Crippen MR) is 103 cm³/mol. The van der Waals surface area contributed by atoms with Crippen LogP contribution < -0.4 is 10.1 Å².